The van der Waals surface area contributed by atoms with E-state index in [0.29, 0.717) is 0 Å². The summed E-state index contributed by atoms with van der Waals surface area (Å²) in [4.78, 5) is 23.4. The maximum Gasteiger partial charge on any atom is 0.356 e. The van der Waals surface area contributed by atoms with Crippen molar-refractivity contribution in [3.05, 3.63) is 36.5 Å². The van der Waals surface area contributed by atoms with Crippen LogP contribution in [0.3, 0.4) is 0 Å². The van der Waals surface area contributed by atoms with E-state index in [0.717, 1.165) is 21.8 Å². The normalized spacial score (nSPS) is 11.3. The molecular formula is C12H12N8O4S. The summed E-state index contributed by atoms with van der Waals surface area (Å²) in [5.74, 6) is -0.706. The maximum absolute atomic E-state index is 12.5. The zero-order chi connectivity index (χ0) is 18.0. The van der Waals surface area contributed by atoms with E-state index >= 15 is 0 Å². The van der Waals surface area contributed by atoms with Gasteiger partial charge in [0.2, 0.25) is 5.95 Å². The molecule has 3 heterocycles. The average molecular weight is 364 g/mol. The van der Waals surface area contributed by atoms with Gasteiger partial charge in [-0.2, -0.15) is 28.3 Å². The van der Waals surface area contributed by atoms with Crippen molar-refractivity contribution in [2.24, 2.45) is 7.05 Å². The van der Waals surface area contributed by atoms with E-state index in [1.54, 1.807) is 6.07 Å². The molecule has 3 rings (SSSR count). The van der Waals surface area contributed by atoms with Gasteiger partial charge in [0.05, 0.1) is 7.11 Å². The first-order valence-electron chi connectivity index (χ1n) is 6.75. The van der Waals surface area contributed by atoms with Crippen molar-refractivity contribution in [1.29, 1.82) is 0 Å². The number of methoxy groups -OCH3 is 1. The molecular weight excluding hydrogens is 352 g/mol. The number of hydrogen-bond acceptors (Lipinski definition) is 9. The van der Waals surface area contributed by atoms with Crippen LogP contribution >= 0.6 is 0 Å². The summed E-state index contributed by atoms with van der Waals surface area (Å²) >= 11 is 0. The van der Waals surface area contributed by atoms with Crippen LogP contribution in [-0.4, -0.2) is 56.0 Å². The van der Waals surface area contributed by atoms with E-state index in [-0.39, 0.29) is 22.6 Å². The summed E-state index contributed by atoms with van der Waals surface area (Å²) in [7, 11) is -1.52. The van der Waals surface area contributed by atoms with Gasteiger partial charge in [0.1, 0.15) is 12.0 Å². The number of aryl methyl sites for hydroxylation is 1. The van der Waals surface area contributed by atoms with Crippen LogP contribution in [0.1, 0.15) is 10.5 Å². The summed E-state index contributed by atoms with van der Waals surface area (Å²) < 4.78 is 34.0. The Morgan fingerprint density at radius 2 is 1.96 bits per heavy atom. The van der Waals surface area contributed by atoms with Crippen molar-refractivity contribution < 1.29 is 17.9 Å². The zero-order valence-corrected chi connectivity index (χ0v) is 13.9. The monoisotopic (exact) mass is 364 g/mol. The van der Waals surface area contributed by atoms with Gasteiger partial charge in [-0.3, -0.25) is 4.68 Å². The number of aromatic nitrogens is 7. The molecule has 130 valence electrons. The molecule has 25 heavy (non-hydrogen) atoms. The van der Waals surface area contributed by atoms with Crippen LogP contribution in [0.2, 0.25) is 0 Å². The second-order valence-electron chi connectivity index (χ2n) is 4.63. The number of carbonyl (C=O) groups is 1. The van der Waals surface area contributed by atoms with Crippen LogP contribution in [0.4, 0.5) is 5.95 Å². The van der Waals surface area contributed by atoms with E-state index in [4.69, 9.17) is 0 Å². The van der Waals surface area contributed by atoms with E-state index < -0.39 is 16.0 Å². The Labute approximate surface area is 141 Å². The van der Waals surface area contributed by atoms with Gasteiger partial charge in [0.25, 0.3) is 16.0 Å². The van der Waals surface area contributed by atoms with Crippen LogP contribution in [0.15, 0.2) is 35.9 Å². The maximum atomic E-state index is 12.5. The molecule has 0 amide bonds. The molecule has 0 bridgehead atoms. The minimum Gasteiger partial charge on any atom is -0.464 e. The van der Waals surface area contributed by atoms with Gasteiger partial charge in [0.15, 0.2) is 5.03 Å². The molecule has 0 aliphatic heterocycles. The van der Waals surface area contributed by atoms with Crippen molar-refractivity contribution in [3.8, 4) is 5.95 Å². The number of hydrogen-bond donors (Lipinski definition) is 1. The fraction of sp³-hybridized carbons (Fsp3) is 0.167. The molecule has 13 heteroatoms. The number of esters is 1. The summed E-state index contributed by atoms with van der Waals surface area (Å²) in [6.45, 7) is 0. The fourth-order valence-corrected chi connectivity index (χ4v) is 2.88. The molecule has 3 aromatic heterocycles. The van der Waals surface area contributed by atoms with Crippen LogP contribution in [0, 0.1) is 0 Å². The van der Waals surface area contributed by atoms with E-state index in [2.05, 4.69) is 34.6 Å². The summed E-state index contributed by atoms with van der Waals surface area (Å²) in [5, 5.41) is 7.32. The number of nitrogens with zero attached hydrogens (tertiary/aromatic N) is 7. The third-order valence-electron chi connectivity index (χ3n) is 3.04. The Morgan fingerprint density at radius 1 is 1.24 bits per heavy atom. The van der Waals surface area contributed by atoms with Crippen LogP contribution in [-0.2, 0) is 21.8 Å². The molecule has 0 fully saturated rings. The minimum atomic E-state index is -4.13. The quantitative estimate of drug-likeness (QED) is 0.585. The predicted molar refractivity (Wildman–Crippen MR) is 82.3 cm³/mol. The lowest BCUT2D eigenvalue weighted by molar-refractivity contribution is 0.0588. The van der Waals surface area contributed by atoms with Crippen molar-refractivity contribution in [2.75, 3.05) is 11.8 Å². The number of rotatable bonds is 5. The molecule has 3 aromatic rings. The molecule has 0 saturated heterocycles. The molecule has 0 aromatic carbocycles. The van der Waals surface area contributed by atoms with Crippen molar-refractivity contribution in [3.63, 3.8) is 0 Å². The lowest BCUT2D eigenvalue weighted by atomic mass is 10.4. The first-order chi connectivity index (χ1) is 11.9. The van der Waals surface area contributed by atoms with Crippen molar-refractivity contribution in [1.82, 2.24) is 34.5 Å². The zero-order valence-electron chi connectivity index (χ0n) is 13.1. The Morgan fingerprint density at radius 3 is 2.64 bits per heavy atom. The Kier molecular flexibility index (Phi) is 4.14. The van der Waals surface area contributed by atoms with Crippen LogP contribution in [0.5, 0.6) is 0 Å². The molecule has 12 nitrogen and oxygen atoms in total. The Bertz CT molecular complexity index is 1010. The Balaban J connectivity index is 1.94. The first kappa shape index (κ1) is 16.5. The fourth-order valence-electron chi connectivity index (χ4n) is 1.90. The Hall–Kier alpha value is -3.35. The standard InChI is InChI=1S/C12H12N8O4S/c1-19-8(10(21)24-2)6-9(17-19)25(22,23)18-12-15-7-16-20(12)11-13-4-3-5-14-11/h3-7H,1-2H3,(H,15,16,18). The lowest BCUT2D eigenvalue weighted by Crippen LogP contribution is -2.18. The average Bonchev–Trinajstić information content (AvgIpc) is 3.21. The summed E-state index contributed by atoms with van der Waals surface area (Å²) in [5.41, 5.74) is -0.0178. The molecule has 0 aliphatic carbocycles. The molecule has 0 unspecified atom stereocenters. The second-order valence-corrected chi connectivity index (χ2v) is 6.26. The molecule has 0 saturated carbocycles. The third-order valence-corrected chi connectivity index (χ3v) is 4.24. The van der Waals surface area contributed by atoms with Crippen molar-refractivity contribution in [2.45, 2.75) is 5.03 Å². The largest absolute Gasteiger partial charge is 0.464 e. The first-order valence-corrected chi connectivity index (χ1v) is 8.23. The van der Waals surface area contributed by atoms with E-state index in [1.807, 2.05) is 0 Å². The van der Waals surface area contributed by atoms with Crippen LogP contribution < -0.4 is 4.72 Å². The summed E-state index contributed by atoms with van der Waals surface area (Å²) in [6.07, 6.45) is 4.10. The number of carbonyl (C=O) groups excluding carboxylic acids is 1. The highest BCUT2D eigenvalue weighted by atomic mass is 32.2. The van der Waals surface area contributed by atoms with E-state index in [9.17, 15) is 13.2 Å². The number of nitrogens with one attached hydrogen (secondary N) is 1. The molecule has 0 spiro atoms. The highest BCUT2D eigenvalue weighted by molar-refractivity contribution is 7.92. The predicted octanol–water partition coefficient (Wildman–Crippen LogP) is -0.622. The SMILES string of the molecule is COC(=O)c1cc(S(=O)(=O)Nc2ncnn2-c2ncccn2)nn1C. The van der Waals surface area contributed by atoms with E-state index in [1.165, 1.54) is 26.6 Å². The minimum absolute atomic E-state index is 0.0178. The second kappa shape index (κ2) is 6.27. The smallest absolute Gasteiger partial charge is 0.356 e. The van der Waals surface area contributed by atoms with Gasteiger partial charge in [-0.05, 0) is 6.07 Å². The summed E-state index contributed by atoms with van der Waals surface area (Å²) in [6, 6.07) is 2.69. The molecule has 1 N–H and O–H groups in total. The molecule has 0 aliphatic rings. The molecule has 0 atom stereocenters. The van der Waals surface area contributed by atoms with Gasteiger partial charge < -0.3 is 4.74 Å². The molecule has 0 radical (unpaired) electrons. The lowest BCUT2D eigenvalue weighted by Gasteiger charge is -2.05. The third kappa shape index (κ3) is 3.16. The van der Waals surface area contributed by atoms with Gasteiger partial charge in [-0.1, -0.05) is 0 Å². The van der Waals surface area contributed by atoms with Gasteiger partial charge >= 0.3 is 5.97 Å². The van der Waals surface area contributed by atoms with Gasteiger partial charge in [-0.25, -0.2) is 19.5 Å². The van der Waals surface area contributed by atoms with Crippen LogP contribution in [0.25, 0.3) is 5.95 Å². The van der Waals surface area contributed by atoms with Gasteiger partial charge in [-0.15, -0.1) is 0 Å². The van der Waals surface area contributed by atoms with Gasteiger partial charge in [0, 0.05) is 25.5 Å². The topological polar surface area (TPSA) is 147 Å². The highest BCUT2D eigenvalue weighted by Crippen LogP contribution is 2.16. The van der Waals surface area contributed by atoms with Crippen molar-refractivity contribution >= 4 is 21.9 Å². The highest BCUT2D eigenvalue weighted by Gasteiger charge is 2.25. The number of sulfonamides is 1. The number of anilines is 1. The number of ether oxygens (including phenoxy) is 1.